The smallest absolute Gasteiger partial charge is 0.271 e. The van der Waals surface area contributed by atoms with Gasteiger partial charge in [0.05, 0.1) is 5.69 Å². The van der Waals surface area contributed by atoms with Gasteiger partial charge in [-0.3, -0.25) is 14.9 Å². The Morgan fingerprint density at radius 1 is 1.35 bits per heavy atom. The summed E-state index contributed by atoms with van der Waals surface area (Å²) in [7, 11) is 3.95. The Balaban J connectivity index is 1.69. The second kappa shape index (κ2) is 6.76. The number of likely N-dealkylation sites (tertiary alicyclic amines) is 1. The quantitative estimate of drug-likeness (QED) is 0.922. The number of rotatable bonds is 4. The van der Waals surface area contributed by atoms with Crippen molar-refractivity contribution < 1.29 is 4.79 Å². The molecule has 2 aromatic rings. The van der Waals surface area contributed by atoms with Crippen molar-refractivity contribution in [2.45, 2.75) is 19.3 Å². The first kappa shape index (κ1) is 15.5. The number of hydrogen-bond donors (Lipinski definition) is 1. The highest BCUT2D eigenvalue weighted by molar-refractivity contribution is 5.92. The number of carbonyl (C=O) groups excluding carboxylic acids is 1. The standard InChI is InChI=1S/C16H22N6O/c1-21(2)15-14(17-7-8-18-15)10-12-4-3-9-22(11-12)16(23)13-5-6-19-20-13/h5-8,12H,3-4,9-11H2,1-2H3,(H,19,20)/t12-/m1/s1. The van der Waals surface area contributed by atoms with Gasteiger partial charge >= 0.3 is 0 Å². The first-order valence-electron chi connectivity index (χ1n) is 7.91. The van der Waals surface area contributed by atoms with Crippen LogP contribution < -0.4 is 4.90 Å². The molecule has 1 aliphatic rings. The van der Waals surface area contributed by atoms with Gasteiger partial charge in [0.2, 0.25) is 0 Å². The highest BCUT2D eigenvalue weighted by atomic mass is 16.2. The molecular formula is C16H22N6O. The number of aromatic amines is 1. The molecule has 1 saturated heterocycles. The topological polar surface area (TPSA) is 78.0 Å². The number of piperidine rings is 1. The van der Waals surface area contributed by atoms with Crippen LogP contribution in [0, 0.1) is 5.92 Å². The van der Waals surface area contributed by atoms with E-state index in [1.807, 2.05) is 23.9 Å². The first-order chi connectivity index (χ1) is 11.1. The average molecular weight is 314 g/mol. The maximum absolute atomic E-state index is 12.5. The van der Waals surface area contributed by atoms with Gasteiger partial charge in [-0.25, -0.2) is 4.98 Å². The maximum atomic E-state index is 12.5. The van der Waals surface area contributed by atoms with Crippen LogP contribution in [0.1, 0.15) is 29.0 Å². The minimum atomic E-state index is 0.0270. The summed E-state index contributed by atoms with van der Waals surface area (Å²) in [6.45, 7) is 1.55. The van der Waals surface area contributed by atoms with Gasteiger partial charge < -0.3 is 9.80 Å². The molecule has 0 radical (unpaired) electrons. The molecule has 3 heterocycles. The molecule has 7 heteroatoms. The molecule has 0 bridgehead atoms. The molecule has 1 atom stereocenters. The van der Waals surface area contributed by atoms with Crippen LogP contribution in [0.15, 0.2) is 24.7 Å². The Morgan fingerprint density at radius 2 is 2.17 bits per heavy atom. The fourth-order valence-corrected chi connectivity index (χ4v) is 3.11. The van der Waals surface area contributed by atoms with Crippen LogP contribution in [0.4, 0.5) is 5.82 Å². The SMILES string of the molecule is CN(C)c1nccnc1C[C@H]1CCCN(C(=O)c2ccn[nH]2)C1. The number of H-pyrrole nitrogens is 1. The largest absolute Gasteiger partial charge is 0.361 e. The number of hydrogen-bond acceptors (Lipinski definition) is 5. The maximum Gasteiger partial charge on any atom is 0.271 e. The zero-order valence-corrected chi connectivity index (χ0v) is 13.6. The third-order valence-corrected chi connectivity index (χ3v) is 4.19. The number of nitrogens with zero attached hydrogens (tertiary/aromatic N) is 5. The molecule has 0 unspecified atom stereocenters. The van der Waals surface area contributed by atoms with Crippen molar-refractivity contribution in [3.8, 4) is 0 Å². The lowest BCUT2D eigenvalue weighted by atomic mass is 9.93. The van der Waals surface area contributed by atoms with Crippen molar-refractivity contribution in [3.05, 3.63) is 36.0 Å². The normalized spacial score (nSPS) is 18.0. The van der Waals surface area contributed by atoms with E-state index >= 15 is 0 Å². The molecule has 1 amide bonds. The van der Waals surface area contributed by atoms with Crippen molar-refractivity contribution in [2.24, 2.45) is 5.92 Å². The highest BCUT2D eigenvalue weighted by Crippen LogP contribution is 2.24. The summed E-state index contributed by atoms with van der Waals surface area (Å²) in [6.07, 6.45) is 8.02. The van der Waals surface area contributed by atoms with Crippen molar-refractivity contribution in [1.29, 1.82) is 0 Å². The van der Waals surface area contributed by atoms with Crippen LogP contribution in [-0.4, -0.2) is 58.2 Å². The number of aromatic nitrogens is 4. The molecule has 0 aliphatic carbocycles. The Hall–Kier alpha value is -2.44. The van der Waals surface area contributed by atoms with Crippen molar-refractivity contribution in [1.82, 2.24) is 25.1 Å². The minimum absolute atomic E-state index is 0.0270. The van der Waals surface area contributed by atoms with E-state index in [0.717, 1.165) is 43.9 Å². The lowest BCUT2D eigenvalue weighted by Crippen LogP contribution is -2.40. The van der Waals surface area contributed by atoms with Crippen LogP contribution in [0.25, 0.3) is 0 Å². The second-order valence-electron chi connectivity index (χ2n) is 6.15. The molecule has 0 spiro atoms. The summed E-state index contributed by atoms with van der Waals surface area (Å²) in [5, 5.41) is 6.61. The average Bonchev–Trinajstić information content (AvgIpc) is 3.09. The summed E-state index contributed by atoms with van der Waals surface area (Å²) in [5.41, 5.74) is 1.55. The van der Waals surface area contributed by atoms with E-state index < -0.39 is 0 Å². The fourth-order valence-electron chi connectivity index (χ4n) is 3.11. The Labute approximate surface area is 135 Å². The van der Waals surface area contributed by atoms with Gasteiger partial charge in [-0.15, -0.1) is 0 Å². The minimum Gasteiger partial charge on any atom is -0.361 e. The second-order valence-corrected chi connectivity index (χ2v) is 6.15. The van der Waals surface area contributed by atoms with Crippen LogP contribution in [0.5, 0.6) is 0 Å². The summed E-state index contributed by atoms with van der Waals surface area (Å²) >= 11 is 0. The van der Waals surface area contributed by atoms with Gasteiger partial charge in [-0.2, -0.15) is 5.10 Å². The van der Waals surface area contributed by atoms with E-state index in [9.17, 15) is 4.79 Å². The summed E-state index contributed by atoms with van der Waals surface area (Å²) in [5.74, 6) is 1.34. The van der Waals surface area contributed by atoms with Crippen LogP contribution >= 0.6 is 0 Å². The van der Waals surface area contributed by atoms with E-state index in [4.69, 9.17) is 0 Å². The van der Waals surface area contributed by atoms with Gasteiger partial charge in [0.1, 0.15) is 11.5 Å². The molecule has 3 rings (SSSR count). The van der Waals surface area contributed by atoms with E-state index in [2.05, 4.69) is 20.2 Å². The molecule has 122 valence electrons. The van der Waals surface area contributed by atoms with Gasteiger partial charge in [-0.05, 0) is 31.2 Å². The molecule has 7 nitrogen and oxygen atoms in total. The van der Waals surface area contributed by atoms with Crippen molar-refractivity contribution >= 4 is 11.7 Å². The van der Waals surface area contributed by atoms with Gasteiger partial charge in [-0.1, -0.05) is 0 Å². The molecular weight excluding hydrogens is 292 g/mol. The highest BCUT2D eigenvalue weighted by Gasteiger charge is 2.26. The molecule has 2 aromatic heterocycles. The van der Waals surface area contributed by atoms with Gasteiger partial charge in [0, 0.05) is 45.8 Å². The molecule has 0 saturated carbocycles. The summed E-state index contributed by atoms with van der Waals surface area (Å²) < 4.78 is 0. The van der Waals surface area contributed by atoms with Crippen LogP contribution in [0.3, 0.4) is 0 Å². The van der Waals surface area contributed by atoms with Gasteiger partial charge in [0.25, 0.3) is 5.91 Å². The molecule has 1 aliphatic heterocycles. The van der Waals surface area contributed by atoms with E-state index in [0.29, 0.717) is 11.6 Å². The third-order valence-electron chi connectivity index (χ3n) is 4.19. The predicted molar refractivity (Wildman–Crippen MR) is 87.3 cm³/mol. The zero-order chi connectivity index (χ0) is 16.2. The lowest BCUT2D eigenvalue weighted by molar-refractivity contribution is 0.0667. The Morgan fingerprint density at radius 3 is 2.91 bits per heavy atom. The summed E-state index contributed by atoms with van der Waals surface area (Å²) in [6, 6.07) is 1.72. The fraction of sp³-hybridized carbons (Fsp3) is 0.500. The van der Waals surface area contributed by atoms with Gasteiger partial charge in [0.15, 0.2) is 0 Å². The molecule has 23 heavy (non-hydrogen) atoms. The monoisotopic (exact) mass is 314 g/mol. The van der Waals surface area contributed by atoms with E-state index in [1.165, 1.54) is 0 Å². The Kier molecular flexibility index (Phi) is 4.55. The summed E-state index contributed by atoms with van der Waals surface area (Å²) in [4.78, 5) is 25.2. The number of carbonyl (C=O) groups is 1. The molecule has 1 fully saturated rings. The van der Waals surface area contributed by atoms with Crippen LogP contribution in [-0.2, 0) is 6.42 Å². The zero-order valence-electron chi connectivity index (χ0n) is 13.6. The predicted octanol–water partition coefficient (Wildman–Crippen LogP) is 1.36. The first-order valence-corrected chi connectivity index (χ1v) is 7.91. The van der Waals surface area contributed by atoms with E-state index in [-0.39, 0.29) is 5.91 Å². The molecule has 0 aromatic carbocycles. The number of anilines is 1. The number of nitrogens with one attached hydrogen (secondary N) is 1. The third kappa shape index (κ3) is 3.49. The van der Waals surface area contributed by atoms with E-state index in [1.54, 1.807) is 24.7 Å². The van der Waals surface area contributed by atoms with Crippen molar-refractivity contribution in [3.63, 3.8) is 0 Å². The van der Waals surface area contributed by atoms with Crippen molar-refractivity contribution in [2.75, 3.05) is 32.1 Å². The van der Waals surface area contributed by atoms with Crippen LogP contribution in [0.2, 0.25) is 0 Å². The molecule has 1 N–H and O–H groups in total. The Bertz CT molecular complexity index is 654. The number of amides is 1. The lowest BCUT2D eigenvalue weighted by Gasteiger charge is -2.32.